The van der Waals surface area contributed by atoms with Gasteiger partial charge in [-0.1, -0.05) is 50.2 Å². The van der Waals surface area contributed by atoms with E-state index in [1.54, 1.807) is 24.3 Å². The highest BCUT2D eigenvalue weighted by atomic mass is 16.3. The minimum absolute atomic E-state index is 0.0357. The summed E-state index contributed by atoms with van der Waals surface area (Å²) in [4.78, 5) is 24.0. The summed E-state index contributed by atoms with van der Waals surface area (Å²) in [5, 5.41) is 15.8. The van der Waals surface area contributed by atoms with Crippen LogP contribution in [0.3, 0.4) is 0 Å². The van der Waals surface area contributed by atoms with Crippen molar-refractivity contribution in [2.24, 2.45) is 5.92 Å². The average molecular weight is 340 g/mol. The maximum Gasteiger partial charge on any atom is 0.227 e. The van der Waals surface area contributed by atoms with Gasteiger partial charge in [-0.15, -0.1) is 0 Å². The van der Waals surface area contributed by atoms with Gasteiger partial charge in [-0.2, -0.15) is 0 Å². The first kappa shape index (κ1) is 18.7. The van der Waals surface area contributed by atoms with Crippen LogP contribution in [-0.2, 0) is 9.59 Å². The first-order chi connectivity index (χ1) is 11.9. The van der Waals surface area contributed by atoms with Crippen molar-refractivity contribution in [2.45, 2.75) is 33.3 Å². The summed E-state index contributed by atoms with van der Waals surface area (Å²) in [6, 6.07) is 14.4. The van der Waals surface area contributed by atoms with Crippen molar-refractivity contribution in [2.75, 3.05) is 10.6 Å². The number of carbonyl (C=O) groups excluding carboxylic acids is 2. The molecule has 25 heavy (non-hydrogen) atoms. The van der Waals surface area contributed by atoms with Crippen LogP contribution in [0.2, 0.25) is 0 Å². The molecule has 132 valence electrons. The summed E-state index contributed by atoms with van der Waals surface area (Å²) >= 11 is 0. The van der Waals surface area contributed by atoms with Crippen LogP contribution in [0.1, 0.15) is 37.5 Å². The molecule has 0 aliphatic carbocycles. The molecule has 0 aliphatic rings. The molecule has 0 saturated heterocycles. The van der Waals surface area contributed by atoms with E-state index in [2.05, 4.69) is 10.6 Å². The van der Waals surface area contributed by atoms with Gasteiger partial charge in [0.1, 0.15) is 0 Å². The van der Waals surface area contributed by atoms with E-state index in [0.717, 1.165) is 5.56 Å². The highest BCUT2D eigenvalue weighted by Crippen LogP contribution is 2.22. The Morgan fingerprint density at radius 2 is 1.72 bits per heavy atom. The molecule has 0 heterocycles. The number of benzene rings is 2. The highest BCUT2D eigenvalue weighted by Gasteiger charge is 2.14. The lowest BCUT2D eigenvalue weighted by molar-refractivity contribution is -0.119. The van der Waals surface area contributed by atoms with Gasteiger partial charge in [-0.3, -0.25) is 9.59 Å². The van der Waals surface area contributed by atoms with Crippen LogP contribution in [0, 0.1) is 12.8 Å². The smallest absolute Gasteiger partial charge is 0.227 e. The lowest BCUT2D eigenvalue weighted by atomic mass is 10.1. The van der Waals surface area contributed by atoms with Crippen molar-refractivity contribution in [1.82, 2.24) is 0 Å². The zero-order valence-corrected chi connectivity index (χ0v) is 14.7. The second-order valence-corrected chi connectivity index (χ2v) is 6.35. The predicted molar refractivity (Wildman–Crippen MR) is 99.3 cm³/mol. The average Bonchev–Trinajstić information content (AvgIpc) is 2.58. The second kappa shape index (κ2) is 8.44. The Labute approximate surface area is 148 Å². The van der Waals surface area contributed by atoms with Crippen molar-refractivity contribution in [3.05, 3.63) is 59.7 Å². The number of nitrogens with one attached hydrogen (secondary N) is 2. The summed E-state index contributed by atoms with van der Waals surface area (Å²) < 4.78 is 0. The van der Waals surface area contributed by atoms with Gasteiger partial charge < -0.3 is 15.7 Å². The molecule has 0 spiro atoms. The SMILES string of the molecule is Cc1ccc(NC(=O)C(C)C)cc1NC(=O)CC(O)c1ccccc1. The Hall–Kier alpha value is -2.66. The number of amides is 2. The molecule has 0 aromatic heterocycles. The van der Waals surface area contributed by atoms with Crippen molar-refractivity contribution in [1.29, 1.82) is 0 Å². The predicted octanol–water partition coefficient (Wildman–Crippen LogP) is 3.65. The lowest BCUT2D eigenvalue weighted by Crippen LogP contribution is -2.19. The Morgan fingerprint density at radius 1 is 1.04 bits per heavy atom. The van der Waals surface area contributed by atoms with Crippen molar-refractivity contribution < 1.29 is 14.7 Å². The molecule has 2 aromatic carbocycles. The van der Waals surface area contributed by atoms with Gasteiger partial charge >= 0.3 is 0 Å². The monoisotopic (exact) mass is 340 g/mol. The molecule has 0 radical (unpaired) electrons. The number of anilines is 2. The fourth-order valence-electron chi connectivity index (χ4n) is 2.29. The van der Waals surface area contributed by atoms with E-state index >= 15 is 0 Å². The molecule has 2 rings (SSSR count). The minimum atomic E-state index is -0.856. The topological polar surface area (TPSA) is 78.4 Å². The third-order valence-electron chi connectivity index (χ3n) is 3.87. The quantitative estimate of drug-likeness (QED) is 0.751. The molecule has 5 nitrogen and oxygen atoms in total. The van der Waals surface area contributed by atoms with Crippen LogP contribution < -0.4 is 10.6 Å². The first-order valence-corrected chi connectivity index (χ1v) is 8.31. The third-order valence-corrected chi connectivity index (χ3v) is 3.87. The molecule has 0 fully saturated rings. The Kier molecular flexibility index (Phi) is 6.31. The fourth-order valence-corrected chi connectivity index (χ4v) is 2.29. The number of aliphatic hydroxyl groups excluding tert-OH is 1. The zero-order chi connectivity index (χ0) is 18.4. The fraction of sp³-hybridized carbons (Fsp3) is 0.300. The van der Waals surface area contributed by atoms with Gasteiger partial charge in [0.2, 0.25) is 11.8 Å². The molecule has 2 aromatic rings. The van der Waals surface area contributed by atoms with Crippen LogP contribution in [0.25, 0.3) is 0 Å². The van der Waals surface area contributed by atoms with Crippen molar-refractivity contribution in [3.8, 4) is 0 Å². The Morgan fingerprint density at radius 3 is 2.36 bits per heavy atom. The summed E-state index contributed by atoms with van der Waals surface area (Å²) in [5.74, 6) is -0.493. The molecule has 0 saturated carbocycles. The van der Waals surface area contributed by atoms with Crippen LogP contribution in [-0.4, -0.2) is 16.9 Å². The number of aryl methyl sites for hydroxylation is 1. The Bertz CT molecular complexity index is 742. The van der Waals surface area contributed by atoms with Gasteiger partial charge in [0.25, 0.3) is 0 Å². The van der Waals surface area contributed by atoms with Gasteiger partial charge in [0, 0.05) is 17.3 Å². The van der Waals surface area contributed by atoms with Gasteiger partial charge in [-0.25, -0.2) is 0 Å². The van der Waals surface area contributed by atoms with E-state index < -0.39 is 6.10 Å². The van der Waals surface area contributed by atoms with E-state index in [9.17, 15) is 14.7 Å². The maximum absolute atomic E-state index is 12.2. The second-order valence-electron chi connectivity index (χ2n) is 6.35. The standard InChI is InChI=1S/C20H24N2O3/c1-13(2)20(25)21-16-10-9-14(3)17(11-16)22-19(24)12-18(23)15-7-5-4-6-8-15/h4-11,13,18,23H,12H2,1-3H3,(H,21,25)(H,22,24). The summed E-state index contributed by atoms with van der Waals surface area (Å²) in [5.41, 5.74) is 2.83. The summed E-state index contributed by atoms with van der Waals surface area (Å²) in [6.07, 6.45) is -0.892. The first-order valence-electron chi connectivity index (χ1n) is 8.31. The number of hydrogen-bond donors (Lipinski definition) is 3. The molecule has 0 aliphatic heterocycles. The summed E-state index contributed by atoms with van der Waals surface area (Å²) in [6.45, 7) is 5.51. The molecular formula is C20H24N2O3. The van der Waals surface area contributed by atoms with Crippen molar-refractivity contribution >= 4 is 23.2 Å². The number of aliphatic hydroxyl groups is 1. The third kappa shape index (κ3) is 5.43. The molecule has 0 bridgehead atoms. The molecule has 1 unspecified atom stereocenters. The zero-order valence-electron chi connectivity index (χ0n) is 14.7. The molecule has 1 atom stereocenters. The van der Waals surface area contributed by atoms with Crippen molar-refractivity contribution in [3.63, 3.8) is 0 Å². The minimum Gasteiger partial charge on any atom is -0.388 e. The molecular weight excluding hydrogens is 316 g/mol. The van der Waals surface area contributed by atoms with Crippen LogP contribution in [0.5, 0.6) is 0 Å². The normalized spacial score (nSPS) is 11.9. The van der Waals surface area contributed by atoms with E-state index in [0.29, 0.717) is 16.9 Å². The van der Waals surface area contributed by atoms with Crippen LogP contribution >= 0.6 is 0 Å². The highest BCUT2D eigenvalue weighted by molar-refractivity contribution is 5.95. The number of rotatable bonds is 6. The van der Waals surface area contributed by atoms with Gasteiger partial charge in [0.15, 0.2) is 0 Å². The van der Waals surface area contributed by atoms with E-state index in [1.807, 2.05) is 45.0 Å². The largest absolute Gasteiger partial charge is 0.388 e. The number of carbonyl (C=O) groups is 2. The van der Waals surface area contributed by atoms with E-state index in [4.69, 9.17) is 0 Å². The van der Waals surface area contributed by atoms with Gasteiger partial charge in [-0.05, 0) is 30.2 Å². The summed E-state index contributed by atoms with van der Waals surface area (Å²) in [7, 11) is 0. The van der Waals surface area contributed by atoms with Gasteiger partial charge in [0.05, 0.1) is 12.5 Å². The molecule has 3 N–H and O–H groups in total. The van der Waals surface area contributed by atoms with E-state index in [-0.39, 0.29) is 24.2 Å². The Balaban J connectivity index is 2.03. The number of hydrogen-bond acceptors (Lipinski definition) is 3. The molecule has 5 heteroatoms. The lowest BCUT2D eigenvalue weighted by Gasteiger charge is -2.14. The van der Waals surface area contributed by atoms with Crippen LogP contribution in [0.15, 0.2) is 48.5 Å². The van der Waals surface area contributed by atoms with E-state index in [1.165, 1.54) is 0 Å². The maximum atomic E-state index is 12.2. The molecule has 2 amide bonds. The van der Waals surface area contributed by atoms with Crippen LogP contribution in [0.4, 0.5) is 11.4 Å².